The Balaban J connectivity index is 1.66. The van der Waals surface area contributed by atoms with Gasteiger partial charge in [0, 0.05) is 17.1 Å². The summed E-state index contributed by atoms with van der Waals surface area (Å²) in [6, 6.07) is 10.0. The van der Waals surface area contributed by atoms with E-state index in [-0.39, 0.29) is 21.6 Å². The van der Waals surface area contributed by atoms with Gasteiger partial charge in [-0.15, -0.1) is 0 Å². The Morgan fingerprint density at radius 3 is 2.66 bits per heavy atom. The standard InChI is InChI=1S/C19H16Cl2N4O2S2/c1-2-3-16(26)24-19-23-14-7-5-11(9-15(14)29-19)22-18(28)25-17(27)12-6-4-10(20)8-13(12)21/h4-9H,2-3H2,1H3,(H,23,24,26)(H2,22,25,27,28). The van der Waals surface area contributed by atoms with E-state index in [1.807, 2.05) is 19.1 Å². The highest BCUT2D eigenvalue weighted by Crippen LogP contribution is 2.28. The van der Waals surface area contributed by atoms with E-state index in [4.69, 9.17) is 35.4 Å². The smallest absolute Gasteiger partial charge is 0.258 e. The predicted octanol–water partition coefficient (Wildman–Crippen LogP) is 5.47. The van der Waals surface area contributed by atoms with Crippen LogP contribution in [0.1, 0.15) is 30.1 Å². The summed E-state index contributed by atoms with van der Waals surface area (Å²) in [5, 5.41) is 9.68. The molecule has 0 unspecified atom stereocenters. The number of carbonyl (C=O) groups is 2. The van der Waals surface area contributed by atoms with Crippen LogP contribution in [0.4, 0.5) is 10.8 Å². The molecule has 2 amide bonds. The van der Waals surface area contributed by atoms with Gasteiger partial charge in [-0.1, -0.05) is 41.5 Å². The Kier molecular flexibility index (Phi) is 7.02. The third-order valence-electron chi connectivity index (χ3n) is 3.77. The molecule has 1 aromatic heterocycles. The van der Waals surface area contributed by atoms with Crippen molar-refractivity contribution in [1.29, 1.82) is 0 Å². The van der Waals surface area contributed by atoms with Gasteiger partial charge >= 0.3 is 0 Å². The summed E-state index contributed by atoms with van der Waals surface area (Å²) in [4.78, 5) is 28.5. The number of nitrogens with one attached hydrogen (secondary N) is 3. The van der Waals surface area contributed by atoms with Crippen LogP contribution in [0.25, 0.3) is 10.2 Å². The molecular weight excluding hydrogens is 451 g/mol. The second kappa shape index (κ2) is 9.49. The number of hydrogen-bond donors (Lipinski definition) is 3. The highest BCUT2D eigenvalue weighted by atomic mass is 35.5. The first kappa shape index (κ1) is 21.4. The van der Waals surface area contributed by atoms with E-state index in [9.17, 15) is 9.59 Å². The lowest BCUT2D eigenvalue weighted by Gasteiger charge is -2.10. The minimum absolute atomic E-state index is 0.0605. The first-order chi connectivity index (χ1) is 13.9. The van der Waals surface area contributed by atoms with Crippen molar-refractivity contribution in [2.45, 2.75) is 19.8 Å². The Hall–Kier alpha value is -2.26. The zero-order valence-electron chi connectivity index (χ0n) is 15.2. The van der Waals surface area contributed by atoms with Gasteiger partial charge in [0.05, 0.1) is 20.8 Å². The number of thiocarbonyl (C=S) groups is 1. The SMILES string of the molecule is CCCC(=O)Nc1nc2ccc(NC(=S)NC(=O)c3ccc(Cl)cc3Cl)cc2s1. The van der Waals surface area contributed by atoms with Crippen molar-refractivity contribution in [2.24, 2.45) is 0 Å². The van der Waals surface area contributed by atoms with Crippen molar-refractivity contribution in [1.82, 2.24) is 10.3 Å². The molecule has 0 radical (unpaired) electrons. The maximum atomic E-state index is 12.3. The minimum atomic E-state index is -0.441. The van der Waals surface area contributed by atoms with Gasteiger partial charge in [-0.25, -0.2) is 4.98 Å². The molecule has 3 N–H and O–H groups in total. The van der Waals surface area contributed by atoms with Gasteiger partial charge in [-0.05, 0) is 55.0 Å². The number of rotatable bonds is 5. The summed E-state index contributed by atoms with van der Waals surface area (Å²) in [6.45, 7) is 1.94. The fourth-order valence-corrected chi connectivity index (χ4v) is 4.10. The lowest BCUT2D eigenvalue weighted by Crippen LogP contribution is -2.34. The third-order valence-corrected chi connectivity index (χ3v) is 5.46. The van der Waals surface area contributed by atoms with Crippen LogP contribution in [-0.4, -0.2) is 21.9 Å². The van der Waals surface area contributed by atoms with Crippen molar-refractivity contribution in [3.8, 4) is 0 Å². The maximum absolute atomic E-state index is 12.3. The van der Waals surface area contributed by atoms with Crippen molar-refractivity contribution >= 4 is 84.7 Å². The first-order valence-electron chi connectivity index (χ1n) is 8.63. The average molecular weight is 467 g/mol. The summed E-state index contributed by atoms with van der Waals surface area (Å²) in [5.74, 6) is -0.501. The van der Waals surface area contributed by atoms with Crippen molar-refractivity contribution in [2.75, 3.05) is 10.6 Å². The summed E-state index contributed by atoms with van der Waals surface area (Å²) in [7, 11) is 0. The largest absolute Gasteiger partial charge is 0.332 e. The van der Waals surface area contributed by atoms with E-state index < -0.39 is 5.91 Å². The molecule has 0 aliphatic carbocycles. The van der Waals surface area contributed by atoms with Crippen LogP contribution in [0.2, 0.25) is 10.0 Å². The van der Waals surface area contributed by atoms with Crippen LogP contribution in [0, 0.1) is 0 Å². The van der Waals surface area contributed by atoms with Crippen molar-refractivity contribution in [3.63, 3.8) is 0 Å². The van der Waals surface area contributed by atoms with E-state index in [1.165, 1.54) is 23.5 Å². The number of benzene rings is 2. The van der Waals surface area contributed by atoms with E-state index in [2.05, 4.69) is 20.9 Å². The van der Waals surface area contributed by atoms with Crippen LogP contribution in [-0.2, 0) is 4.79 Å². The zero-order valence-corrected chi connectivity index (χ0v) is 18.4. The van der Waals surface area contributed by atoms with E-state index in [0.717, 1.165) is 16.6 Å². The van der Waals surface area contributed by atoms with Crippen molar-refractivity contribution < 1.29 is 9.59 Å². The number of aromatic nitrogens is 1. The summed E-state index contributed by atoms with van der Waals surface area (Å²) in [5.41, 5.74) is 1.71. The van der Waals surface area contributed by atoms with Crippen molar-refractivity contribution in [3.05, 3.63) is 52.0 Å². The number of amides is 2. The molecule has 150 valence electrons. The molecule has 0 saturated heterocycles. The number of thiazole rings is 1. The quantitative estimate of drug-likeness (QED) is 0.434. The molecule has 0 atom stereocenters. The van der Waals surface area contributed by atoms with Crippen LogP contribution in [0.15, 0.2) is 36.4 Å². The molecule has 3 rings (SSSR count). The van der Waals surface area contributed by atoms with Crippen LogP contribution >= 0.6 is 46.8 Å². The van der Waals surface area contributed by atoms with Gasteiger partial charge in [-0.3, -0.25) is 14.9 Å². The predicted molar refractivity (Wildman–Crippen MR) is 123 cm³/mol. The Bertz CT molecular complexity index is 1100. The average Bonchev–Trinajstić information content (AvgIpc) is 3.02. The zero-order chi connectivity index (χ0) is 21.0. The second-order valence-electron chi connectivity index (χ2n) is 6.03. The molecule has 10 heteroatoms. The van der Waals surface area contributed by atoms with Crippen LogP contribution in [0.5, 0.6) is 0 Å². The minimum Gasteiger partial charge on any atom is -0.332 e. The summed E-state index contributed by atoms with van der Waals surface area (Å²) >= 11 is 18.5. The van der Waals surface area contributed by atoms with Crippen LogP contribution in [0.3, 0.4) is 0 Å². The molecule has 29 heavy (non-hydrogen) atoms. The van der Waals surface area contributed by atoms with Gasteiger partial charge in [-0.2, -0.15) is 0 Å². The van der Waals surface area contributed by atoms with Gasteiger partial charge in [0.1, 0.15) is 0 Å². The lowest BCUT2D eigenvalue weighted by atomic mass is 10.2. The fourth-order valence-electron chi connectivity index (χ4n) is 2.47. The summed E-state index contributed by atoms with van der Waals surface area (Å²) < 4.78 is 0.872. The van der Waals surface area contributed by atoms with Gasteiger partial charge in [0.15, 0.2) is 10.2 Å². The first-order valence-corrected chi connectivity index (χ1v) is 10.6. The molecule has 0 fully saturated rings. The highest BCUT2D eigenvalue weighted by Gasteiger charge is 2.13. The van der Waals surface area contributed by atoms with Gasteiger partial charge in [0.2, 0.25) is 5.91 Å². The third kappa shape index (κ3) is 5.63. The topological polar surface area (TPSA) is 83.1 Å². The number of halogens is 2. The monoisotopic (exact) mass is 466 g/mol. The normalized spacial score (nSPS) is 10.6. The molecule has 0 aliphatic rings. The lowest BCUT2D eigenvalue weighted by molar-refractivity contribution is -0.116. The Labute approximate surface area is 186 Å². The fraction of sp³-hybridized carbons (Fsp3) is 0.158. The molecule has 2 aromatic carbocycles. The molecule has 0 saturated carbocycles. The number of fused-ring (bicyclic) bond motifs is 1. The molecule has 0 bridgehead atoms. The maximum Gasteiger partial charge on any atom is 0.258 e. The molecule has 1 heterocycles. The van der Waals surface area contributed by atoms with E-state index in [0.29, 0.717) is 22.3 Å². The Morgan fingerprint density at radius 2 is 1.93 bits per heavy atom. The van der Waals surface area contributed by atoms with E-state index in [1.54, 1.807) is 12.1 Å². The number of anilines is 2. The van der Waals surface area contributed by atoms with E-state index >= 15 is 0 Å². The number of nitrogens with zero attached hydrogens (tertiary/aromatic N) is 1. The van der Waals surface area contributed by atoms with Crippen LogP contribution < -0.4 is 16.0 Å². The number of carbonyl (C=O) groups excluding carboxylic acids is 2. The summed E-state index contributed by atoms with van der Waals surface area (Å²) in [6.07, 6.45) is 1.23. The Morgan fingerprint density at radius 1 is 1.14 bits per heavy atom. The number of hydrogen-bond acceptors (Lipinski definition) is 5. The molecule has 0 aliphatic heterocycles. The molecular formula is C19H16Cl2N4O2S2. The second-order valence-corrected chi connectivity index (χ2v) is 8.31. The van der Waals surface area contributed by atoms with Gasteiger partial charge in [0.25, 0.3) is 5.91 Å². The van der Waals surface area contributed by atoms with Gasteiger partial charge < -0.3 is 10.6 Å². The molecule has 3 aromatic rings. The molecule has 6 nitrogen and oxygen atoms in total. The highest BCUT2D eigenvalue weighted by molar-refractivity contribution is 7.80. The molecule has 0 spiro atoms.